The standard InChI is InChI=1S/C31H25ClN2O3S/c1-4-36-27-15-21(14-24(32)29(27)37-17-20-9-10-22-7-5-6-8-23(22)13-20)16-28-30(35)34-26-12-19(3)18(2)11-25(26)33-31(34)38-28/h5-16H,4,17H2,1-3H3/b28-16-. The molecule has 7 heteroatoms. The van der Waals surface area contributed by atoms with Crippen LogP contribution in [-0.2, 0) is 6.61 Å². The summed E-state index contributed by atoms with van der Waals surface area (Å²) < 4.78 is 14.3. The molecule has 0 bridgehead atoms. The van der Waals surface area contributed by atoms with E-state index in [1.807, 2.05) is 56.3 Å². The van der Waals surface area contributed by atoms with Gasteiger partial charge in [0.25, 0.3) is 5.56 Å². The summed E-state index contributed by atoms with van der Waals surface area (Å²) in [6.45, 7) is 6.81. The van der Waals surface area contributed by atoms with Crippen LogP contribution in [0, 0.1) is 13.8 Å². The average molecular weight is 541 g/mol. The fraction of sp³-hybridized carbons (Fsp3) is 0.161. The van der Waals surface area contributed by atoms with Crippen molar-refractivity contribution in [2.75, 3.05) is 6.61 Å². The SMILES string of the molecule is CCOc1cc(/C=c2\sc3nc4cc(C)c(C)cc4n3c2=O)cc(Cl)c1OCc1ccc2ccccc2c1. The lowest BCUT2D eigenvalue weighted by Crippen LogP contribution is -2.22. The third-order valence-corrected chi connectivity index (χ3v) is 7.93. The maximum Gasteiger partial charge on any atom is 0.274 e. The van der Waals surface area contributed by atoms with E-state index < -0.39 is 0 Å². The van der Waals surface area contributed by atoms with Crippen molar-refractivity contribution >= 4 is 55.8 Å². The number of benzene rings is 4. The van der Waals surface area contributed by atoms with Crippen molar-refractivity contribution in [2.24, 2.45) is 0 Å². The average Bonchev–Trinajstić information content (AvgIpc) is 3.39. The monoisotopic (exact) mass is 540 g/mol. The van der Waals surface area contributed by atoms with Crippen molar-refractivity contribution in [1.29, 1.82) is 0 Å². The lowest BCUT2D eigenvalue weighted by molar-refractivity contribution is 0.269. The van der Waals surface area contributed by atoms with E-state index in [2.05, 4.69) is 36.2 Å². The molecule has 38 heavy (non-hydrogen) atoms. The number of rotatable bonds is 6. The quantitative estimate of drug-likeness (QED) is 0.232. The molecule has 6 aromatic rings. The molecule has 0 amide bonds. The smallest absolute Gasteiger partial charge is 0.274 e. The molecule has 0 saturated heterocycles. The van der Waals surface area contributed by atoms with E-state index in [0.29, 0.717) is 39.2 Å². The summed E-state index contributed by atoms with van der Waals surface area (Å²) in [5, 5.41) is 2.76. The first-order valence-corrected chi connectivity index (χ1v) is 13.6. The molecule has 6 rings (SSSR count). The normalized spacial score (nSPS) is 12.2. The molecular formula is C31H25ClN2O3S. The lowest BCUT2D eigenvalue weighted by Gasteiger charge is -2.15. The highest BCUT2D eigenvalue weighted by Crippen LogP contribution is 2.37. The molecule has 4 aromatic carbocycles. The van der Waals surface area contributed by atoms with Crippen LogP contribution >= 0.6 is 22.9 Å². The molecule has 0 aliphatic rings. The molecule has 0 fully saturated rings. The third kappa shape index (κ3) is 4.40. The molecule has 0 atom stereocenters. The Kier molecular flexibility index (Phi) is 6.30. The predicted molar refractivity (Wildman–Crippen MR) is 156 cm³/mol. The number of aromatic nitrogens is 2. The van der Waals surface area contributed by atoms with E-state index in [1.165, 1.54) is 16.7 Å². The van der Waals surface area contributed by atoms with Crippen molar-refractivity contribution in [3.8, 4) is 11.5 Å². The van der Waals surface area contributed by atoms with Crippen LogP contribution in [0.4, 0.5) is 0 Å². The van der Waals surface area contributed by atoms with Gasteiger partial charge < -0.3 is 9.47 Å². The first-order valence-electron chi connectivity index (χ1n) is 12.4. The Labute approximate surface area is 228 Å². The zero-order valence-corrected chi connectivity index (χ0v) is 22.8. The van der Waals surface area contributed by atoms with Gasteiger partial charge in [0.2, 0.25) is 0 Å². The van der Waals surface area contributed by atoms with Gasteiger partial charge in [0.15, 0.2) is 16.5 Å². The minimum atomic E-state index is -0.0959. The lowest BCUT2D eigenvalue weighted by atomic mass is 10.1. The molecule has 0 aliphatic carbocycles. The fourth-order valence-corrected chi connectivity index (χ4v) is 5.89. The van der Waals surface area contributed by atoms with Crippen molar-refractivity contribution in [1.82, 2.24) is 9.38 Å². The van der Waals surface area contributed by atoms with Gasteiger partial charge in [-0.2, -0.15) is 0 Å². The number of aryl methyl sites for hydroxylation is 2. The van der Waals surface area contributed by atoms with Crippen LogP contribution in [0.2, 0.25) is 5.02 Å². The van der Waals surface area contributed by atoms with Crippen LogP contribution in [0.5, 0.6) is 11.5 Å². The van der Waals surface area contributed by atoms with Gasteiger partial charge in [-0.05, 0) is 90.2 Å². The summed E-state index contributed by atoms with van der Waals surface area (Å²) in [4.78, 5) is 18.7. The van der Waals surface area contributed by atoms with Gasteiger partial charge in [-0.15, -0.1) is 0 Å². The molecule has 2 aromatic heterocycles. The van der Waals surface area contributed by atoms with Crippen LogP contribution in [-0.4, -0.2) is 16.0 Å². The minimum absolute atomic E-state index is 0.0959. The highest BCUT2D eigenvalue weighted by molar-refractivity contribution is 7.15. The number of nitrogens with zero attached hydrogens (tertiary/aromatic N) is 2. The second kappa shape index (κ2) is 9.78. The summed E-state index contributed by atoms with van der Waals surface area (Å²) >= 11 is 8.05. The molecule has 0 unspecified atom stereocenters. The summed E-state index contributed by atoms with van der Waals surface area (Å²) in [7, 11) is 0. The Morgan fingerprint density at radius 3 is 2.58 bits per heavy atom. The number of hydrogen-bond acceptors (Lipinski definition) is 5. The Morgan fingerprint density at radius 2 is 1.76 bits per heavy atom. The van der Waals surface area contributed by atoms with Crippen molar-refractivity contribution in [2.45, 2.75) is 27.4 Å². The number of thiazole rings is 1. The molecule has 0 saturated carbocycles. The minimum Gasteiger partial charge on any atom is -0.490 e. The van der Waals surface area contributed by atoms with E-state index in [-0.39, 0.29) is 5.56 Å². The molecule has 0 aliphatic heterocycles. The van der Waals surface area contributed by atoms with Crippen molar-refractivity contribution in [3.05, 3.63) is 109 Å². The van der Waals surface area contributed by atoms with Gasteiger partial charge in [0.1, 0.15) is 6.61 Å². The van der Waals surface area contributed by atoms with Crippen LogP contribution in [0.1, 0.15) is 29.2 Å². The van der Waals surface area contributed by atoms with Gasteiger partial charge in [0, 0.05) is 0 Å². The van der Waals surface area contributed by atoms with Crippen LogP contribution in [0.3, 0.4) is 0 Å². The molecule has 2 heterocycles. The Morgan fingerprint density at radius 1 is 0.974 bits per heavy atom. The highest BCUT2D eigenvalue weighted by atomic mass is 35.5. The van der Waals surface area contributed by atoms with Crippen LogP contribution in [0.15, 0.2) is 71.5 Å². The van der Waals surface area contributed by atoms with Gasteiger partial charge in [-0.3, -0.25) is 4.79 Å². The van der Waals surface area contributed by atoms with E-state index in [0.717, 1.165) is 38.7 Å². The number of fused-ring (bicyclic) bond motifs is 4. The van der Waals surface area contributed by atoms with Crippen LogP contribution in [0.25, 0.3) is 32.8 Å². The van der Waals surface area contributed by atoms with E-state index in [4.69, 9.17) is 21.1 Å². The Bertz CT molecular complexity index is 1960. The molecule has 190 valence electrons. The van der Waals surface area contributed by atoms with Crippen molar-refractivity contribution in [3.63, 3.8) is 0 Å². The Balaban J connectivity index is 1.35. The fourth-order valence-electron chi connectivity index (χ4n) is 4.63. The van der Waals surface area contributed by atoms with Gasteiger partial charge in [-0.25, -0.2) is 9.38 Å². The molecule has 0 spiro atoms. The molecule has 0 radical (unpaired) electrons. The Hall–Kier alpha value is -3.87. The van der Waals surface area contributed by atoms with E-state index in [9.17, 15) is 4.79 Å². The van der Waals surface area contributed by atoms with Crippen molar-refractivity contribution < 1.29 is 9.47 Å². The second-order valence-electron chi connectivity index (χ2n) is 9.30. The zero-order valence-electron chi connectivity index (χ0n) is 21.2. The first kappa shape index (κ1) is 24.5. The zero-order chi connectivity index (χ0) is 26.4. The number of ether oxygens (including phenoxy) is 2. The number of halogens is 1. The summed E-state index contributed by atoms with van der Waals surface area (Å²) in [6.07, 6.45) is 1.83. The number of hydrogen-bond donors (Lipinski definition) is 0. The third-order valence-electron chi connectivity index (χ3n) is 6.68. The summed E-state index contributed by atoms with van der Waals surface area (Å²) in [5.41, 5.74) is 5.64. The molecule has 5 nitrogen and oxygen atoms in total. The van der Waals surface area contributed by atoms with Gasteiger partial charge >= 0.3 is 0 Å². The summed E-state index contributed by atoms with van der Waals surface area (Å²) in [5.74, 6) is 1.02. The van der Waals surface area contributed by atoms with Gasteiger partial charge in [0.05, 0.1) is 27.2 Å². The predicted octanol–water partition coefficient (Wildman–Crippen LogP) is 6.86. The maximum absolute atomic E-state index is 13.3. The van der Waals surface area contributed by atoms with E-state index >= 15 is 0 Å². The highest BCUT2D eigenvalue weighted by Gasteiger charge is 2.15. The molecular weight excluding hydrogens is 516 g/mol. The number of imidazole rings is 1. The van der Waals surface area contributed by atoms with E-state index in [1.54, 1.807) is 10.5 Å². The summed E-state index contributed by atoms with van der Waals surface area (Å²) in [6, 6.07) is 22.2. The second-order valence-corrected chi connectivity index (χ2v) is 10.7. The topological polar surface area (TPSA) is 52.8 Å². The molecule has 0 N–H and O–H groups in total. The maximum atomic E-state index is 13.3. The largest absolute Gasteiger partial charge is 0.490 e. The van der Waals surface area contributed by atoms with Gasteiger partial charge in [-0.1, -0.05) is 59.3 Å². The van der Waals surface area contributed by atoms with Crippen LogP contribution < -0.4 is 19.6 Å². The first-order chi connectivity index (χ1) is 18.4.